The van der Waals surface area contributed by atoms with Crippen molar-refractivity contribution >= 4 is 27.9 Å². The van der Waals surface area contributed by atoms with E-state index < -0.39 is 23.3 Å². The predicted octanol–water partition coefficient (Wildman–Crippen LogP) is 3.20. The summed E-state index contributed by atoms with van der Waals surface area (Å²) in [6, 6.07) is 7.07. The molecule has 1 aliphatic rings. The van der Waals surface area contributed by atoms with Crippen LogP contribution in [0, 0.1) is 5.41 Å². The fourth-order valence-electron chi connectivity index (χ4n) is 2.47. The molecule has 0 saturated heterocycles. The molecule has 2 rings (SSSR count). The summed E-state index contributed by atoms with van der Waals surface area (Å²) >= 11 is 3.33. The van der Waals surface area contributed by atoms with Crippen molar-refractivity contribution in [2.75, 3.05) is 0 Å². The van der Waals surface area contributed by atoms with E-state index in [0.717, 1.165) is 4.47 Å². The van der Waals surface area contributed by atoms with Crippen LogP contribution in [0.1, 0.15) is 18.4 Å². The number of carbonyl (C=O) groups is 2. The Hall–Kier alpha value is -1.88. The number of hydrogen-bond donors (Lipinski definition) is 2. The lowest BCUT2D eigenvalue weighted by atomic mass is 9.67. The van der Waals surface area contributed by atoms with E-state index >= 15 is 0 Å². The number of carboxylic acid groups (broad SMARTS) is 2. The first-order valence-corrected chi connectivity index (χ1v) is 6.77. The normalized spacial score (nSPS) is 25.1. The molecule has 1 aliphatic carbocycles. The summed E-state index contributed by atoms with van der Waals surface area (Å²) in [6.45, 7) is 1.54. The molecule has 5 heteroatoms. The van der Waals surface area contributed by atoms with Crippen molar-refractivity contribution in [3.63, 3.8) is 0 Å². The minimum absolute atomic E-state index is 0.0792. The molecule has 0 spiro atoms. The zero-order valence-electron chi connectivity index (χ0n) is 10.7. The van der Waals surface area contributed by atoms with Crippen LogP contribution >= 0.6 is 15.9 Å². The standard InChI is InChI=1S/C15H13BrO4/c1-15(14(19)20)7-3-6-11(13(17)18)12(15)9-4-2-5-10(16)8-9/h2-8,12H,1H3,(H,17,18)(H,19,20). The topological polar surface area (TPSA) is 74.6 Å². The lowest BCUT2D eigenvalue weighted by Gasteiger charge is -2.34. The number of rotatable bonds is 3. The van der Waals surface area contributed by atoms with Gasteiger partial charge in [0, 0.05) is 16.0 Å². The average molecular weight is 337 g/mol. The van der Waals surface area contributed by atoms with E-state index in [0.29, 0.717) is 5.56 Å². The molecule has 2 atom stereocenters. The molecule has 1 aromatic rings. The van der Waals surface area contributed by atoms with Gasteiger partial charge in [-0.3, -0.25) is 4.79 Å². The third-order valence-corrected chi connectivity index (χ3v) is 4.01. The third-order valence-electron chi connectivity index (χ3n) is 3.52. The molecule has 104 valence electrons. The highest BCUT2D eigenvalue weighted by atomic mass is 79.9. The molecule has 2 N–H and O–H groups in total. The molecule has 0 aliphatic heterocycles. The summed E-state index contributed by atoms with van der Waals surface area (Å²) in [6.07, 6.45) is 4.48. The van der Waals surface area contributed by atoms with Crippen molar-refractivity contribution in [1.29, 1.82) is 0 Å². The van der Waals surface area contributed by atoms with E-state index in [1.807, 2.05) is 6.07 Å². The van der Waals surface area contributed by atoms with Gasteiger partial charge < -0.3 is 10.2 Å². The second kappa shape index (κ2) is 5.25. The van der Waals surface area contributed by atoms with Crippen LogP contribution in [-0.4, -0.2) is 22.2 Å². The molecule has 2 unspecified atom stereocenters. The van der Waals surface area contributed by atoms with Gasteiger partial charge in [0.05, 0.1) is 5.41 Å². The van der Waals surface area contributed by atoms with Gasteiger partial charge in [-0.05, 0) is 24.6 Å². The lowest BCUT2D eigenvalue weighted by Crippen LogP contribution is -2.36. The molecular weight excluding hydrogens is 324 g/mol. The maximum atomic E-state index is 11.6. The first-order chi connectivity index (χ1) is 9.36. The molecule has 0 heterocycles. The Bertz CT molecular complexity index is 633. The van der Waals surface area contributed by atoms with Crippen LogP contribution in [0.3, 0.4) is 0 Å². The van der Waals surface area contributed by atoms with Gasteiger partial charge in [-0.15, -0.1) is 0 Å². The van der Waals surface area contributed by atoms with Crippen LogP contribution in [0.2, 0.25) is 0 Å². The minimum Gasteiger partial charge on any atom is -0.481 e. The summed E-state index contributed by atoms with van der Waals surface area (Å²) < 4.78 is 0.780. The number of benzene rings is 1. The minimum atomic E-state index is -1.29. The molecule has 1 aromatic carbocycles. The Morgan fingerprint density at radius 1 is 1.30 bits per heavy atom. The number of aliphatic carboxylic acids is 2. The van der Waals surface area contributed by atoms with Gasteiger partial charge in [0.15, 0.2) is 0 Å². The van der Waals surface area contributed by atoms with Crippen LogP contribution in [0.15, 0.2) is 52.5 Å². The second-order valence-electron chi connectivity index (χ2n) is 4.86. The van der Waals surface area contributed by atoms with Gasteiger partial charge in [-0.2, -0.15) is 0 Å². The largest absolute Gasteiger partial charge is 0.481 e. The monoisotopic (exact) mass is 336 g/mol. The Labute approximate surface area is 124 Å². The average Bonchev–Trinajstić information content (AvgIpc) is 2.38. The summed E-state index contributed by atoms with van der Waals surface area (Å²) in [4.78, 5) is 23.1. The molecule has 0 aromatic heterocycles. The Morgan fingerprint density at radius 3 is 2.55 bits per heavy atom. The molecule has 0 fully saturated rings. The zero-order valence-corrected chi connectivity index (χ0v) is 12.3. The van der Waals surface area contributed by atoms with Crippen molar-refractivity contribution in [3.05, 3.63) is 58.1 Å². The van der Waals surface area contributed by atoms with Crippen molar-refractivity contribution in [1.82, 2.24) is 0 Å². The fraction of sp³-hybridized carbons (Fsp3) is 0.200. The summed E-state index contributed by atoms with van der Waals surface area (Å²) in [5.74, 6) is -2.89. The third kappa shape index (κ3) is 2.41. The molecule has 4 nitrogen and oxygen atoms in total. The molecule has 0 radical (unpaired) electrons. The van der Waals surface area contributed by atoms with Crippen LogP contribution in [0.25, 0.3) is 0 Å². The van der Waals surface area contributed by atoms with Crippen LogP contribution in [0.5, 0.6) is 0 Å². The molecular formula is C15H13BrO4. The van der Waals surface area contributed by atoms with Crippen LogP contribution < -0.4 is 0 Å². The first-order valence-electron chi connectivity index (χ1n) is 5.98. The van der Waals surface area contributed by atoms with Crippen LogP contribution in [0.4, 0.5) is 0 Å². The second-order valence-corrected chi connectivity index (χ2v) is 5.78. The van der Waals surface area contributed by atoms with E-state index in [9.17, 15) is 19.8 Å². The van der Waals surface area contributed by atoms with Gasteiger partial charge in [0.2, 0.25) is 0 Å². The summed E-state index contributed by atoms with van der Waals surface area (Å²) in [7, 11) is 0. The fourth-order valence-corrected chi connectivity index (χ4v) is 2.89. The molecule has 0 saturated carbocycles. The van der Waals surface area contributed by atoms with E-state index in [1.54, 1.807) is 18.2 Å². The van der Waals surface area contributed by atoms with Gasteiger partial charge >= 0.3 is 11.9 Å². The van der Waals surface area contributed by atoms with Crippen molar-refractivity contribution < 1.29 is 19.8 Å². The molecule has 0 bridgehead atoms. The van der Waals surface area contributed by atoms with Gasteiger partial charge in [-0.1, -0.05) is 46.3 Å². The van der Waals surface area contributed by atoms with E-state index in [1.165, 1.54) is 25.2 Å². The predicted molar refractivity (Wildman–Crippen MR) is 77.5 cm³/mol. The lowest BCUT2D eigenvalue weighted by molar-refractivity contribution is -0.146. The van der Waals surface area contributed by atoms with E-state index in [-0.39, 0.29) is 5.57 Å². The Morgan fingerprint density at radius 2 is 2.00 bits per heavy atom. The van der Waals surface area contributed by atoms with Gasteiger partial charge in [0.25, 0.3) is 0 Å². The summed E-state index contributed by atoms with van der Waals surface area (Å²) in [5, 5.41) is 18.9. The first kappa shape index (κ1) is 14.5. The van der Waals surface area contributed by atoms with Crippen molar-refractivity contribution in [2.24, 2.45) is 5.41 Å². The Balaban J connectivity index is 2.63. The maximum absolute atomic E-state index is 11.6. The SMILES string of the molecule is CC1(C(=O)O)C=CC=C(C(=O)O)C1c1cccc(Br)c1. The Kier molecular flexibility index (Phi) is 3.81. The highest BCUT2D eigenvalue weighted by molar-refractivity contribution is 9.10. The maximum Gasteiger partial charge on any atom is 0.332 e. The highest BCUT2D eigenvalue weighted by Crippen LogP contribution is 2.45. The summed E-state index contributed by atoms with van der Waals surface area (Å²) in [5.41, 5.74) is -0.554. The van der Waals surface area contributed by atoms with E-state index in [4.69, 9.17) is 0 Å². The number of hydrogen-bond acceptors (Lipinski definition) is 2. The zero-order chi connectivity index (χ0) is 14.9. The quantitative estimate of drug-likeness (QED) is 0.888. The van der Waals surface area contributed by atoms with Gasteiger partial charge in [0.1, 0.15) is 0 Å². The smallest absolute Gasteiger partial charge is 0.332 e. The van der Waals surface area contributed by atoms with Crippen molar-refractivity contribution in [2.45, 2.75) is 12.8 Å². The highest BCUT2D eigenvalue weighted by Gasteiger charge is 2.45. The van der Waals surface area contributed by atoms with E-state index in [2.05, 4.69) is 15.9 Å². The van der Waals surface area contributed by atoms with Crippen molar-refractivity contribution in [3.8, 4) is 0 Å². The number of halogens is 1. The number of allylic oxidation sites excluding steroid dienone is 2. The number of carboxylic acids is 2. The molecule has 0 amide bonds. The van der Waals surface area contributed by atoms with Crippen LogP contribution in [-0.2, 0) is 9.59 Å². The van der Waals surface area contributed by atoms with Gasteiger partial charge in [-0.25, -0.2) is 4.79 Å². The molecule has 20 heavy (non-hydrogen) atoms.